The first-order valence-electron chi connectivity index (χ1n) is 6.40. The quantitative estimate of drug-likeness (QED) is 0.515. The summed E-state index contributed by atoms with van der Waals surface area (Å²) >= 11 is 0. The van der Waals surface area contributed by atoms with Gasteiger partial charge < -0.3 is 20.2 Å². The van der Waals surface area contributed by atoms with Crippen LogP contribution in [0.4, 0.5) is 11.6 Å². The zero-order valence-corrected chi connectivity index (χ0v) is 11.3. The number of anilines is 2. The number of aromatic nitrogens is 2. The van der Waals surface area contributed by atoms with Gasteiger partial charge in [-0.05, 0) is 12.3 Å². The Morgan fingerprint density at radius 1 is 1.58 bits per heavy atom. The van der Waals surface area contributed by atoms with Gasteiger partial charge in [0, 0.05) is 19.7 Å². The van der Waals surface area contributed by atoms with E-state index < -0.39 is 0 Å². The topological polar surface area (TPSA) is 96.5 Å². The molecule has 0 bridgehead atoms. The smallest absolute Gasteiger partial charge is 0.158 e. The maximum Gasteiger partial charge on any atom is 0.158 e. The van der Waals surface area contributed by atoms with E-state index in [1.807, 2.05) is 0 Å². The molecule has 19 heavy (non-hydrogen) atoms. The van der Waals surface area contributed by atoms with Crippen LogP contribution in [0, 0.1) is 5.92 Å². The van der Waals surface area contributed by atoms with E-state index in [1.54, 1.807) is 13.2 Å². The third-order valence-electron chi connectivity index (χ3n) is 3.54. The largest absolute Gasteiger partial charge is 0.394 e. The second kappa shape index (κ2) is 6.14. The van der Waals surface area contributed by atoms with Crippen LogP contribution in [-0.4, -0.2) is 41.4 Å². The minimum absolute atomic E-state index is 0.0934. The molecule has 1 aliphatic heterocycles. The van der Waals surface area contributed by atoms with Crippen LogP contribution in [0.3, 0.4) is 0 Å². The Morgan fingerprint density at radius 2 is 2.37 bits per heavy atom. The fourth-order valence-electron chi connectivity index (χ4n) is 2.47. The summed E-state index contributed by atoms with van der Waals surface area (Å²) in [4.78, 5) is 10.8. The number of hydrogen-bond acceptors (Lipinski definition) is 7. The van der Waals surface area contributed by atoms with Gasteiger partial charge in [-0.1, -0.05) is 6.92 Å². The standard InChI is InChI=1S/C12H21N5O2/c1-8-3-4-17(9(8)6-18)12-5-10(16-13)14-11(15-12)7-19-2/h5,8-9,18H,3-4,6-7,13H2,1-2H3,(H,14,15,16). The number of hydrogen-bond donors (Lipinski definition) is 3. The lowest BCUT2D eigenvalue weighted by atomic mass is 10.0. The Kier molecular flexibility index (Phi) is 4.52. The van der Waals surface area contributed by atoms with Crippen molar-refractivity contribution in [1.29, 1.82) is 0 Å². The van der Waals surface area contributed by atoms with Gasteiger partial charge in [-0.25, -0.2) is 15.8 Å². The second-order valence-corrected chi connectivity index (χ2v) is 4.81. The van der Waals surface area contributed by atoms with Gasteiger partial charge in [0.1, 0.15) is 18.2 Å². The molecule has 2 unspecified atom stereocenters. The zero-order valence-electron chi connectivity index (χ0n) is 11.3. The molecule has 7 nitrogen and oxygen atoms in total. The molecule has 2 atom stereocenters. The highest BCUT2D eigenvalue weighted by atomic mass is 16.5. The summed E-state index contributed by atoms with van der Waals surface area (Å²) in [6, 6.07) is 1.88. The molecule has 0 amide bonds. The maximum atomic E-state index is 9.52. The molecule has 0 spiro atoms. The van der Waals surface area contributed by atoms with Gasteiger partial charge in [0.05, 0.1) is 12.6 Å². The number of rotatable bonds is 5. The molecular formula is C12H21N5O2. The normalized spacial score (nSPS) is 22.8. The molecule has 0 aliphatic carbocycles. The molecule has 4 N–H and O–H groups in total. The Balaban J connectivity index is 2.30. The molecule has 0 radical (unpaired) electrons. The van der Waals surface area contributed by atoms with E-state index in [2.05, 4.69) is 27.2 Å². The lowest BCUT2D eigenvalue weighted by Crippen LogP contribution is -2.36. The number of nitrogens with one attached hydrogen (secondary N) is 1. The van der Waals surface area contributed by atoms with E-state index in [1.165, 1.54) is 0 Å². The molecule has 1 saturated heterocycles. The first-order valence-corrected chi connectivity index (χ1v) is 6.40. The van der Waals surface area contributed by atoms with Crippen molar-refractivity contribution in [3.8, 4) is 0 Å². The van der Waals surface area contributed by atoms with Gasteiger partial charge in [-0.2, -0.15) is 0 Å². The summed E-state index contributed by atoms with van der Waals surface area (Å²) in [7, 11) is 1.60. The van der Waals surface area contributed by atoms with E-state index in [4.69, 9.17) is 10.6 Å². The average molecular weight is 267 g/mol. The highest BCUT2D eigenvalue weighted by molar-refractivity contribution is 5.50. The minimum Gasteiger partial charge on any atom is -0.394 e. The third kappa shape index (κ3) is 2.94. The first-order chi connectivity index (χ1) is 9.19. The van der Waals surface area contributed by atoms with E-state index in [0.29, 0.717) is 24.2 Å². The molecule has 2 rings (SSSR count). The van der Waals surface area contributed by atoms with Crippen LogP contribution in [0.5, 0.6) is 0 Å². The Morgan fingerprint density at radius 3 is 3.00 bits per heavy atom. The summed E-state index contributed by atoms with van der Waals surface area (Å²) in [6.07, 6.45) is 1.04. The number of nitrogen functional groups attached to an aromatic ring is 1. The summed E-state index contributed by atoms with van der Waals surface area (Å²) < 4.78 is 5.06. The molecule has 106 valence electrons. The van der Waals surface area contributed by atoms with Crippen molar-refractivity contribution in [2.24, 2.45) is 11.8 Å². The predicted molar refractivity (Wildman–Crippen MR) is 72.6 cm³/mol. The maximum absolute atomic E-state index is 9.52. The fraction of sp³-hybridized carbons (Fsp3) is 0.667. The van der Waals surface area contributed by atoms with Crippen molar-refractivity contribution >= 4 is 11.6 Å². The van der Waals surface area contributed by atoms with E-state index in [-0.39, 0.29) is 12.6 Å². The average Bonchev–Trinajstić information content (AvgIpc) is 2.79. The first kappa shape index (κ1) is 14.0. The molecule has 1 aromatic rings. The molecule has 1 aromatic heterocycles. The van der Waals surface area contributed by atoms with Crippen molar-refractivity contribution in [1.82, 2.24) is 9.97 Å². The number of aliphatic hydroxyl groups excluding tert-OH is 1. The van der Waals surface area contributed by atoms with E-state index in [0.717, 1.165) is 18.8 Å². The van der Waals surface area contributed by atoms with Gasteiger partial charge in [-0.15, -0.1) is 0 Å². The fourth-order valence-corrected chi connectivity index (χ4v) is 2.47. The van der Waals surface area contributed by atoms with Crippen LogP contribution >= 0.6 is 0 Å². The number of hydrazine groups is 1. The number of aliphatic hydroxyl groups is 1. The van der Waals surface area contributed by atoms with Crippen LogP contribution in [0.15, 0.2) is 6.07 Å². The van der Waals surface area contributed by atoms with Crippen LogP contribution in [-0.2, 0) is 11.3 Å². The highest BCUT2D eigenvalue weighted by Crippen LogP contribution is 2.29. The molecule has 1 fully saturated rings. The summed E-state index contributed by atoms with van der Waals surface area (Å²) in [5.41, 5.74) is 2.54. The summed E-state index contributed by atoms with van der Waals surface area (Å²) in [5, 5.41) is 9.52. The molecule has 0 saturated carbocycles. The highest BCUT2D eigenvalue weighted by Gasteiger charge is 2.31. The van der Waals surface area contributed by atoms with Gasteiger partial charge >= 0.3 is 0 Å². The lowest BCUT2D eigenvalue weighted by Gasteiger charge is -2.26. The van der Waals surface area contributed by atoms with Gasteiger partial charge in [0.25, 0.3) is 0 Å². The van der Waals surface area contributed by atoms with Gasteiger partial charge in [0.2, 0.25) is 0 Å². The second-order valence-electron chi connectivity index (χ2n) is 4.81. The Bertz CT molecular complexity index is 429. The van der Waals surface area contributed by atoms with Crippen molar-refractivity contribution in [3.63, 3.8) is 0 Å². The molecule has 7 heteroatoms. The summed E-state index contributed by atoms with van der Waals surface area (Å²) in [6.45, 7) is 3.46. The van der Waals surface area contributed by atoms with E-state index in [9.17, 15) is 5.11 Å². The summed E-state index contributed by atoms with van der Waals surface area (Å²) in [5.74, 6) is 7.77. The lowest BCUT2D eigenvalue weighted by molar-refractivity contribution is 0.178. The van der Waals surface area contributed by atoms with Crippen molar-refractivity contribution in [2.75, 3.05) is 30.6 Å². The van der Waals surface area contributed by atoms with E-state index >= 15 is 0 Å². The van der Waals surface area contributed by atoms with Crippen molar-refractivity contribution < 1.29 is 9.84 Å². The SMILES string of the molecule is COCc1nc(NN)cc(N2CCC(C)C2CO)n1. The monoisotopic (exact) mass is 267 g/mol. The number of nitrogens with zero attached hydrogens (tertiary/aromatic N) is 3. The molecular weight excluding hydrogens is 246 g/mol. The van der Waals surface area contributed by atoms with Crippen LogP contribution in [0.25, 0.3) is 0 Å². The molecule has 2 heterocycles. The third-order valence-corrected chi connectivity index (χ3v) is 3.54. The van der Waals surface area contributed by atoms with Crippen LogP contribution < -0.4 is 16.2 Å². The number of methoxy groups -OCH3 is 1. The van der Waals surface area contributed by atoms with Crippen molar-refractivity contribution in [2.45, 2.75) is 26.0 Å². The predicted octanol–water partition coefficient (Wildman–Crippen LogP) is 0.116. The minimum atomic E-state index is 0.0934. The van der Waals surface area contributed by atoms with Gasteiger partial charge in [0.15, 0.2) is 5.82 Å². The molecule has 1 aliphatic rings. The zero-order chi connectivity index (χ0) is 13.8. The molecule has 0 aromatic carbocycles. The van der Waals surface area contributed by atoms with Crippen LogP contribution in [0.1, 0.15) is 19.2 Å². The number of ether oxygens (including phenoxy) is 1. The Hall–Kier alpha value is -1.44. The Labute approximate surface area is 112 Å². The van der Waals surface area contributed by atoms with Gasteiger partial charge in [-0.3, -0.25) is 0 Å². The van der Waals surface area contributed by atoms with Crippen molar-refractivity contribution in [3.05, 3.63) is 11.9 Å². The number of nitrogens with two attached hydrogens (primary N) is 1. The van der Waals surface area contributed by atoms with Crippen LogP contribution in [0.2, 0.25) is 0 Å².